The van der Waals surface area contributed by atoms with Gasteiger partial charge in [-0.3, -0.25) is 0 Å². The lowest BCUT2D eigenvalue weighted by atomic mass is 10.0. The molecule has 19 heavy (non-hydrogen) atoms. The topological polar surface area (TPSA) is 38.4 Å². The number of halogens is 4. The van der Waals surface area contributed by atoms with Gasteiger partial charge >= 0.3 is 6.18 Å². The molecule has 0 saturated heterocycles. The number of nitrogens with two attached hydrogens (primary N) is 1. The molecule has 2 N–H and O–H groups in total. The number of rotatable bonds is 3. The van der Waals surface area contributed by atoms with Crippen LogP contribution in [-0.4, -0.2) is 11.9 Å². The minimum absolute atomic E-state index is 0.0467. The van der Waals surface area contributed by atoms with E-state index in [0.717, 1.165) is 5.56 Å². The number of hydrogen-bond donors (Lipinski definition) is 2. The van der Waals surface area contributed by atoms with Crippen LogP contribution in [0.1, 0.15) is 11.1 Å². The molecule has 0 aromatic heterocycles. The number of nitrogens with zero attached hydrogens (tertiary/aromatic N) is 1. The number of benzene rings is 1. The van der Waals surface area contributed by atoms with Gasteiger partial charge in [-0.15, -0.1) is 0 Å². The number of thiol groups is 1. The van der Waals surface area contributed by atoms with Crippen molar-refractivity contribution in [2.45, 2.75) is 13.1 Å². The van der Waals surface area contributed by atoms with E-state index in [1.165, 1.54) is 0 Å². The highest BCUT2D eigenvalue weighted by Crippen LogP contribution is 2.29. The van der Waals surface area contributed by atoms with Crippen LogP contribution in [0.3, 0.4) is 0 Å². The van der Waals surface area contributed by atoms with Gasteiger partial charge in [-0.25, -0.2) is 4.40 Å². The van der Waals surface area contributed by atoms with E-state index in [2.05, 4.69) is 16.1 Å². The summed E-state index contributed by atoms with van der Waals surface area (Å²) in [5.74, 6) is 0. The largest absolute Gasteiger partial charge is 0.432 e. The van der Waals surface area contributed by atoms with Crippen LogP contribution in [0.25, 0.3) is 0 Å². The third-order valence-corrected chi connectivity index (χ3v) is 3.17. The van der Waals surface area contributed by atoms with E-state index in [0.29, 0.717) is 16.5 Å². The highest BCUT2D eigenvalue weighted by atomic mass is 35.5. The van der Waals surface area contributed by atoms with E-state index in [-0.39, 0.29) is 5.71 Å². The van der Waals surface area contributed by atoms with Crippen molar-refractivity contribution < 1.29 is 13.2 Å². The molecule has 1 aromatic carbocycles. The van der Waals surface area contributed by atoms with E-state index in [9.17, 15) is 13.2 Å². The summed E-state index contributed by atoms with van der Waals surface area (Å²) in [6, 6.07) is 6.79. The van der Waals surface area contributed by atoms with Crippen molar-refractivity contribution in [2.24, 2.45) is 10.1 Å². The third-order valence-electron chi connectivity index (χ3n) is 2.28. The van der Waals surface area contributed by atoms with Gasteiger partial charge in [0.15, 0.2) is 0 Å². The molecular formula is C11H10ClF3N2S2. The molecule has 0 fully saturated rings. The fraction of sp³-hybridized carbons (Fsp3) is 0.182. The lowest BCUT2D eigenvalue weighted by Crippen LogP contribution is -2.23. The Morgan fingerprint density at radius 1 is 1.37 bits per heavy atom. The van der Waals surface area contributed by atoms with E-state index >= 15 is 0 Å². The molecule has 104 valence electrons. The van der Waals surface area contributed by atoms with Crippen LogP contribution >= 0.6 is 34.2 Å². The molecule has 0 atom stereocenters. The molecule has 0 heterocycles. The van der Waals surface area contributed by atoms with Gasteiger partial charge in [0.1, 0.15) is 11.4 Å². The Hall–Kier alpha value is -0.790. The normalized spacial score (nSPS) is 14.3. The molecule has 0 aliphatic rings. The zero-order valence-corrected chi connectivity index (χ0v) is 12.2. The van der Waals surface area contributed by atoms with E-state index in [1.807, 2.05) is 0 Å². The van der Waals surface area contributed by atoms with Gasteiger partial charge in [0.05, 0.1) is 5.03 Å². The zero-order chi connectivity index (χ0) is 14.6. The second-order valence-electron chi connectivity index (χ2n) is 3.56. The smallest absolute Gasteiger partial charge is 0.393 e. The predicted octanol–water partition coefficient (Wildman–Crippen LogP) is 4.25. The van der Waals surface area contributed by atoms with E-state index in [1.54, 1.807) is 31.2 Å². The SMILES string of the molecule is Cc1ccccc1C(=NSS)C(Cl)=C(N)C(F)(F)F. The standard InChI is InChI=1S/C11H10ClF3N2S2/c1-6-4-2-3-5-7(6)9(17-19-18)8(12)10(16)11(13,14)15/h2-5,18H,16H2,1H3. The lowest BCUT2D eigenvalue weighted by molar-refractivity contribution is -0.0927. The summed E-state index contributed by atoms with van der Waals surface area (Å²) in [5.41, 5.74) is 4.80. The first-order valence-electron chi connectivity index (χ1n) is 4.96. The minimum Gasteiger partial charge on any atom is -0.393 e. The van der Waals surface area contributed by atoms with Crippen LogP contribution < -0.4 is 5.73 Å². The molecule has 0 radical (unpaired) electrons. The van der Waals surface area contributed by atoms with Crippen molar-refractivity contribution in [1.82, 2.24) is 0 Å². The maximum atomic E-state index is 12.6. The fourth-order valence-electron chi connectivity index (χ4n) is 1.34. The Morgan fingerprint density at radius 2 is 1.95 bits per heavy atom. The van der Waals surface area contributed by atoms with Gasteiger partial charge < -0.3 is 5.73 Å². The maximum Gasteiger partial charge on any atom is 0.432 e. The third kappa shape index (κ3) is 4.09. The molecule has 0 amide bonds. The van der Waals surface area contributed by atoms with Crippen molar-refractivity contribution in [3.8, 4) is 0 Å². The van der Waals surface area contributed by atoms with E-state index < -0.39 is 16.9 Å². The van der Waals surface area contributed by atoms with Crippen molar-refractivity contribution >= 4 is 40.0 Å². The summed E-state index contributed by atoms with van der Waals surface area (Å²) in [6.45, 7) is 1.74. The summed E-state index contributed by atoms with van der Waals surface area (Å²) < 4.78 is 41.5. The molecular weight excluding hydrogens is 317 g/mol. The van der Waals surface area contributed by atoms with Crippen molar-refractivity contribution in [3.05, 3.63) is 46.1 Å². The first-order valence-corrected chi connectivity index (χ1v) is 7.16. The second kappa shape index (κ2) is 6.58. The summed E-state index contributed by atoms with van der Waals surface area (Å²) in [7, 11) is 0.711. The monoisotopic (exact) mass is 326 g/mol. The lowest BCUT2D eigenvalue weighted by Gasteiger charge is -2.13. The Bertz CT molecular complexity index is 527. The highest BCUT2D eigenvalue weighted by Gasteiger charge is 2.35. The van der Waals surface area contributed by atoms with Crippen LogP contribution in [-0.2, 0) is 0 Å². The highest BCUT2D eigenvalue weighted by molar-refractivity contribution is 8.68. The number of alkyl halides is 3. The summed E-state index contributed by atoms with van der Waals surface area (Å²) >= 11 is 9.53. The van der Waals surface area contributed by atoms with Gasteiger partial charge in [-0.2, -0.15) is 13.2 Å². The quantitative estimate of drug-likeness (QED) is 0.377. The molecule has 0 spiro atoms. The van der Waals surface area contributed by atoms with Gasteiger partial charge in [-0.1, -0.05) is 47.5 Å². The van der Waals surface area contributed by atoms with Gasteiger partial charge in [-0.05, 0) is 12.5 Å². The Morgan fingerprint density at radius 3 is 2.42 bits per heavy atom. The molecule has 2 nitrogen and oxygen atoms in total. The summed E-state index contributed by atoms with van der Waals surface area (Å²) in [6.07, 6.45) is -4.71. The minimum atomic E-state index is -4.71. The number of allylic oxidation sites excluding steroid dienone is 2. The average Bonchev–Trinajstić information content (AvgIpc) is 2.34. The van der Waals surface area contributed by atoms with Crippen molar-refractivity contribution in [3.63, 3.8) is 0 Å². The number of aryl methyl sites for hydroxylation is 1. The number of hydrogen-bond acceptors (Lipinski definition) is 4. The molecule has 1 aromatic rings. The molecule has 1 rings (SSSR count). The van der Waals surface area contributed by atoms with Gasteiger partial charge in [0.25, 0.3) is 0 Å². The van der Waals surface area contributed by atoms with Crippen molar-refractivity contribution in [1.29, 1.82) is 0 Å². The molecule has 0 aliphatic heterocycles. The Labute approximate surface area is 122 Å². The van der Waals surface area contributed by atoms with Crippen LogP contribution in [0.15, 0.2) is 39.4 Å². The van der Waals surface area contributed by atoms with Crippen LogP contribution in [0.2, 0.25) is 0 Å². The Kier molecular flexibility index (Phi) is 5.64. The molecule has 0 unspecified atom stereocenters. The zero-order valence-electron chi connectivity index (χ0n) is 9.70. The fourth-order valence-corrected chi connectivity index (χ4v) is 2.16. The first-order chi connectivity index (χ1) is 8.79. The van der Waals surface area contributed by atoms with Crippen LogP contribution in [0.4, 0.5) is 13.2 Å². The average molecular weight is 327 g/mol. The summed E-state index contributed by atoms with van der Waals surface area (Å²) in [4.78, 5) is 0. The second-order valence-corrected chi connectivity index (χ2v) is 4.78. The first kappa shape index (κ1) is 16.3. The predicted molar refractivity (Wildman–Crippen MR) is 77.4 cm³/mol. The van der Waals surface area contributed by atoms with Gasteiger partial charge in [0, 0.05) is 16.5 Å². The van der Waals surface area contributed by atoms with Crippen molar-refractivity contribution in [2.75, 3.05) is 0 Å². The molecule has 0 saturated carbocycles. The van der Waals surface area contributed by atoms with E-state index in [4.69, 9.17) is 17.3 Å². The molecule has 0 bridgehead atoms. The molecule has 8 heteroatoms. The maximum absolute atomic E-state index is 12.6. The summed E-state index contributed by atoms with van der Waals surface area (Å²) in [5, 5.41) is -0.636. The van der Waals surface area contributed by atoms with Crippen LogP contribution in [0.5, 0.6) is 0 Å². The van der Waals surface area contributed by atoms with Crippen LogP contribution in [0, 0.1) is 6.92 Å². The van der Waals surface area contributed by atoms with Gasteiger partial charge in [0.2, 0.25) is 0 Å². The Balaban J connectivity index is 3.40. The molecule has 0 aliphatic carbocycles.